The number of nitriles is 1. The zero-order valence-corrected chi connectivity index (χ0v) is 11.3. The van der Waals surface area contributed by atoms with Crippen molar-refractivity contribution >= 4 is 11.3 Å². The maximum atomic E-state index is 8.74. The van der Waals surface area contributed by atoms with Gasteiger partial charge in [-0.15, -0.1) is 11.3 Å². The molecule has 92 valence electrons. The molecule has 1 atom stereocenters. The van der Waals surface area contributed by atoms with Gasteiger partial charge in [0.05, 0.1) is 0 Å². The van der Waals surface area contributed by atoms with Crippen molar-refractivity contribution in [1.82, 2.24) is 10.2 Å². The van der Waals surface area contributed by atoms with Gasteiger partial charge in [-0.05, 0) is 38.9 Å². The van der Waals surface area contributed by atoms with Crippen LogP contribution >= 0.6 is 11.3 Å². The molecule has 0 amide bonds. The first kappa shape index (κ1) is 12.6. The third kappa shape index (κ3) is 3.53. The Morgan fingerprint density at radius 1 is 1.59 bits per heavy atom. The van der Waals surface area contributed by atoms with Crippen molar-refractivity contribution < 1.29 is 0 Å². The third-order valence-electron chi connectivity index (χ3n) is 3.33. The maximum absolute atomic E-state index is 8.74. The summed E-state index contributed by atoms with van der Waals surface area (Å²) in [6, 6.07) is 7.49. The van der Waals surface area contributed by atoms with Gasteiger partial charge >= 0.3 is 0 Å². The Balaban J connectivity index is 1.70. The summed E-state index contributed by atoms with van der Waals surface area (Å²) in [5.74, 6) is 0. The highest BCUT2D eigenvalue weighted by molar-refractivity contribution is 7.12. The van der Waals surface area contributed by atoms with E-state index < -0.39 is 0 Å². The van der Waals surface area contributed by atoms with Crippen molar-refractivity contribution in [1.29, 1.82) is 5.26 Å². The van der Waals surface area contributed by atoms with Crippen molar-refractivity contribution in [3.8, 4) is 6.07 Å². The van der Waals surface area contributed by atoms with Gasteiger partial charge in [0.25, 0.3) is 0 Å². The summed E-state index contributed by atoms with van der Waals surface area (Å²) in [7, 11) is 2.21. The van der Waals surface area contributed by atoms with E-state index in [1.165, 1.54) is 17.7 Å². The lowest BCUT2D eigenvalue weighted by Crippen LogP contribution is -2.38. The highest BCUT2D eigenvalue weighted by Crippen LogP contribution is 2.26. The summed E-state index contributed by atoms with van der Waals surface area (Å²) in [6.07, 6.45) is 2.72. The molecule has 1 aromatic rings. The smallest absolute Gasteiger partial charge is 0.110 e. The summed E-state index contributed by atoms with van der Waals surface area (Å²) in [5, 5.41) is 12.2. The largest absolute Gasteiger partial charge is 0.310 e. The summed E-state index contributed by atoms with van der Waals surface area (Å²) < 4.78 is 0. The van der Waals surface area contributed by atoms with E-state index in [0.29, 0.717) is 6.04 Å². The molecule has 1 aliphatic rings. The van der Waals surface area contributed by atoms with E-state index in [1.807, 2.05) is 12.1 Å². The first-order chi connectivity index (χ1) is 8.20. The van der Waals surface area contributed by atoms with E-state index in [1.54, 1.807) is 11.3 Å². The second kappa shape index (κ2) is 5.63. The second-order valence-corrected chi connectivity index (χ2v) is 5.92. The molecule has 2 rings (SSSR count). The van der Waals surface area contributed by atoms with Gasteiger partial charge in [0.15, 0.2) is 0 Å². The van der Waals surface area contributed by atoms with E-state index in [4.69, 9.17) is 5.26 Å². The zero-order chi connectivity index (χ0) is 12.3. The monoisotopic (exact) mass is 249 g/mol. The van der Waals surface area contributed by atoms with Gasteiger partial charge in [-0.3, -0.25) is 4.90 Å². The Kier molecular flexibility index (Phi) is 4.16. The zero-order valence-electron chi connectivity index (χ0n) is 10.4. The van der Waals surface area contributed by atoms with E-state index >= 15 is 0 Å². The van der Waals surface area contributed by atoms with Gasteiger partial charge in [0, 0.05) is 30.1 Å². The van der Waals surface area contributed by atoms with Gasteiger partial charge in [0.2, 0.25) is 0 Å². The van der Waals surface area contributed by atoms with Crippen LogP contribution in [0.3, 0.4) is 0 Å². The number of rotatable bonds is 6. The van der Waals surface area contributed by atoms with E-state index in [9.17, 15) is 0 Å². The quantitative estimate of drug-likeness (QED) is 0.840. The van der Waals surface area contributed by atoms with Crippen molar-refractivity contribution in [3.63, 3.8) is 0 Å². The van der Waals surface area contributed by atoms with Crippen LogP contribution in [0.25, 0.3) is 0 Å². The van der Waals surface area contributed by atoms with Crippen molar-refractivity contribution in [2.75, 3.05) is 13.6 Å². The van der Waals surface area contributed by atoms with Gasteiger partial charge in [-0.1, -0.05) is 0 Å². The topological polar surface area (TPSA) is 39.1 Å². The Morgan fingerprint density at radius 3 is 2.94 bits per heavy atom. The molecule has 0 spiro atoms. The molecule has 0 aromatic carbocycles. The molecule has 0 aliphatic heterocycles. The molecule has 1 aromatic heterocycles. The number of thiophene rings is 1. The van der Waals surface area contributed by atoms with Crippen LogP contribution in [-0.4, -0.2) is 30.6 Å². The average molecular weight is 249 g/mol. The van der Waals surface area contributed by atoms with Gasteiger partial charge in [0.1, 0.15) is 10.9 Å². The molecule has 1 aliphatic carbocycles. The highest BCUT2D eigenvalue weighted by Gasteiger charge is 2.28. The number of hydrogen-bond acceptors (Lipinski definition) is 4. The van der Waals surface area contributed by atoms with Crippen molar-refractivity contribution in [2.24, 2.45) is 0 Å². The van der Waals surface area contributed by atoms with Crippen LogP contribution in [0.2, 0.25) is 0 Å². The van der Waals surface area contributed by atoms with E-state index in [2.05, 4.69) is 30.3 Å². The Labute approximate surface area is 107 Å². The summed E-state index contributed by atoms with van der Waals surface area (Å²) >= 11 is 1.57. The molecule has 1 heterocycles. The average Bonchev–Trinajstić information content (AvgIpc) is 3.08. The Morgan fingerprint density at radius 2 is 2.35 bits per heavy atom. The number of hydrogen-bond donors (Lipinski definition) is 1. The molecule has 0 radical (unpaired) electrons. The fraction of sp³-hybridized carbons (Fsp3) is 0.615. The number of nitrogens with zero attached hydrogens (tertiary/aromatic N) is 2. The molecular formula is C13H19N3S. The van der Waals surface area contributed by atoms with Crippen LogP contribution in [0, 0.1) is 11.3 Å². The predicted molar refractivity (Wildman–Crippen MR) is 71.0 cm³/mol. The molecule has 1 N–H and O–H groups in total. The lowest BCUT2D eigenvalue weighted by Gasteiger charge is -2.24. The summed E-state index contributed by atoms with van der Waals surface area (Å²) in [5.41, 5.74) is 0. The molecule has 0 saturated heterocycles. The fourth-order valence-corrected chi connectivity index (χ4v) is 2.70. The van der Waals surface area contributed by atoms with Crippen LogP contribution in [-0.2, 0) is 6.54 Å². The molecule has 3 nitrogen and oxygen atoms in total. The minimum atomic E-state index is 0.581. The van der Waals surface area contributed by atoms with Gasteiger partial charge in [-0.2, -0.15) is 5.26 Å². The first-order valence-corrected chi connectivity index (χ1v) is 6.94. The molecular weight excluding hydrogens is 230 g/mol. The number of nitrogens with one attached hydrogen (secondary N) is 1. The fourth-order valence-electron chi connectivity index (χ4n) is 1.92. The minimum Gasteiger partial charge on any atom is -0.310 e. The van der Waals surface area contributed by atoms with Gasteiger partial charge < -0.3 is 5.32 Å². The van der Waals surface area contributed by atoms with Crippen LogP contribution < -0.4 is 5.32 Å². The molecule has 1 unspecified atom stereocenters. The van der Waals surface area contributed by atoms with Crippen molar-refractivity contribution in [3.05, 3.63) is 21.9 Å². The van der Waals surface area contributed by atoms with Crippen LogP contribution in [0.15, 0.2) is 12.1 Å². The lowest BCUT2D eigenvalue weighted by molar-refractivity contribution is 0.241. The Hall–Kier alpha value is -0.890. The second-order valence-electron chi connectivity index (χ2n) is 4.75. The van der Waals surface area contributed by atoms with Crippen molar-refractivity contribution in [2.45, 2.75) is 38.4 Å². The van der Waals surface area contributed by atoms with E-state index in [-0.39, 0.29) is 0 Å². The lowest BCUT2D eigenvalue weighted by atomic mass is 10.3. The molecule has 17 heavy (non-hydrogen) atoms. The Bertz CT molecular complexity index is 403. The van der Waals surface area contributed by atoms with E-state index in [0.717, 1.165) is 24.0 Å². The van der Waals surface area contributed by atoms with Gasteiger partial charge in [-0.25, -0.2) is 0 Å². The van der Waals surface area contributed by atoms with Crippen LogP contribution in [0.5, 0.6) is 0 Å². The van der Waals surface area contributed by atoms with Crippen LogP contribution in [0.1, 0.15) is 29.5 Å². The summed E-state index contributed by atoms with van der Waals surface area (Å²) in [4.78, 5) is 4.50. The first-order valence-electron chi connectivity index (χ1n) is 6.12. The molecule has 0 bridgehead atoms. The SMILES string of the molecule is CC(CNCc1ccc(C#N)s1)N(C)C1CC1. The normalized spacial score (nSPS) is 17.1. The molecule has 1 fully saturated rings. The maximum Gasteiger partial charge on any atom is 0.110 e. The van der Waals surface area contributed by atoms with Crippen LogP contribution in [0.4, 0.5) is 0 Å². The highest BCUT2D eigenvalue weighted by atomic mass is 32.1. The summed E-state index contributed by atoms with van der Waals surface area (Å²) in [6.45, 7) is 4.14. The minimum absolute atomic E-state index is 0.581. The predicted octanol–water partition coefficient (Wildman–Crippen LogP) is 2.19. The number of likely N-dealkylation sites (N-methyl/N-ethyl adjacent to an activating group) is 1. The molecule has 1 saturated carbocycles. The third-order valence-corrected chi connectivity index (χ3v) is 4.32. The molecule has 4 heteroatoms. The standard InChI is InChI=1S/C13H19N3S/c1-10(16(2)11-3-4-11)8-15-9-13-6-5-12(7-14)17-13/h5-6,10-11,15H,3-4,8-9H2,1-2H3.